The van der Waals surface area contributed by atoms with E-state index >= 15 is 0 Å². The summed E-state index contributed by atoms with van der Waals surface area (Å²) in [6.07, 6.45) is 0.391. The molecule has 1 saturated heterocycles. The van der Waals surface area contributed by atoms with Crippen LogP contribution in [0, 0.1) is 13.8 Å². The van der Waals surface area contributed by atoms with Gasteiger partial charge in [0, 0.05) is 24.2 Å². The molecule has 2 aromatic carbocycles. The molecule has 0 saturated carbocycles. The van der Waals surface area contributed by atoms with Crippen LogP contribution in [0.3, 0.4) is 0 Å². The number of nitrogens with zero attached hydrogens (tertiary/aromatic N) is 3. The van der Waals surface area contributed by atoms with Crippen molar-refractivity contribution in [2.24, 2.45) is 0 Å². The molecule has 144 valence electrons. The molecule has 1 aromatic heterocycles. The van der Waals surface area contributed by atoms with Gasteiger partial charge in [-0.2, -0.15) is 4.98 Å². The highest BCUT2D eigenvalue weighted by atomic mass is 16.5. The van der Waals surface area contributed by atoms with Gasteiger partial charge in [0.25, 0.3) is 0 Å². The largest absolute Gasteiger partial charge is 0.339 e. The van der Waals surface area contributed by atoms with Gasteiger partial charge in [-0.3, -0.25) is 4.79 Å². The van der Waals surface area contributed by atoms with Crippen molar-refractivity contribution in [2.45, 2.75) is 46.0 Å². The molecule has 1 amide bonds. The summed E-state index contributed by atoms with van der Waals surface area (Å²) >= 11 is 0. The van der Waals surface area contributed by atoms with Crippen molar-refractivity contribution in [3.63, 3.8) is 0 Å². The molecule has 2 heterocycles. The van der Waals surface area contributed by atoms with E-state index in [-0.39, 0.29) is 11.8 Å². The fourth-order valence-electron chi connectivity index (χ4n) is 3.86. The SMILES string of the molecule is Cc1cccc(C)c1N1CC(c2nc(-c3ccc(C(C)C)cc3)no2)CC1=O. The average molecular weight is 375 g/mol. The third kappa shape index (κ3) is 3.33. The van der Waals surface area contributed by atoms with Gasteiger partial charge < -0.3 is 9.42 Å². The molecule has 3 aromatic rings. The lowest BCUT2D eigenvalue weighted by Gasteiger charge is -2.21. The van der Waals surface area contributed by atoms with Crippen molar-refractivity contribution in [1.29, 1.82) is 0 Å². The first-order valence-electron chi connectivity index (χ1n) is 9.74. The van der Waals surface area contributed by atoms with Gasteiger partial charge in [-0.1, -0.05) is 61.5 Å². The molecule has 0 bridgehead atoms. The molecule has 0 spiro atoms. The second-order valence-corrected chi connectivity index (χ2v) is 7.88. The number of hydrogen-bond acceptors (Lipinski definition) is 4. The van der Waals surface area contributed by atoms with Gasteiger partial charge in [-0.05, 0) is 36.5 Å². The topological polar surface area (TPSA) is 59.2 Å². The molecule has 0 N–H and O–H groups in total. The van der Waals surface area contributed by atoms with Crippen LogP contribution in [0.2, 0.25) is 0 Å². The number of anilines is 1. The number of carbonyl (C=O) groups is 1. The zero-order valence-electron chi connectivity index (χ0n) is 16.8. The predicted molar refractivity (Wildman–Crippen MR) is 109 cm³/mol. The van der Waals surface area contributed by atoms with Gasteiger partial charge >= 0.3 is 0 Å². The van der Waals surface area contributed by atoms with Crippen molar-refractivity contribution in [2.75, 3.05) is 11.4 Å². The molecule has 1 aliphatic heterocycles. The Morgan fingerprint density at radius 3 is 2.39 bits per heavy atom. The standard InChI is InChI=1S/C23H25N3O2/c1-14(2)17-8-10-18(11-9-17)22-24-23(28-25-22)19-12-20(27)26(13-19)21-15(3)6-5-7-16(21)4/h5-11,14,19H,12-13H2,1-4H3. The molecule has 28 heavy (non-hydrogen) atoms. The lowest BCUT2D eigenvalue weighted by molar-refractivity contribution is -0.117. The summed E-state index contributed by atoms with van der Waals surface area (Å²) in [6, 6.07) is 14.3. The van der Waals surface area contributed by atoms with Gasteiger partial charge in [-0.25, -0.2) is 0 Å². The van der Waals surface area contributed by atoms with Gasteiger partial charge in [0.15, 0.2) is 0 Å². The monoisotopic (exact) mass is 375 g/mol. The minimum Gasteiger partial charge on any atom is -0.339 e. The van der Waals surface area contributed by atoms with Crippen molar-refractivity contribution in [1.82, 2.24) is 10.1 Å². The fourth-order valence-corrected chi connectivity index (χ4v) is 3.86. The Balaban J connectivity index is 1.56. The van der Waals surface area contributed by atoms with Crippen LogP contribution in [0.5, 0.6) is 0 Å². The van der Waals surface area contributed by atoms with Crippen molar-refractivity contribution in [3.05, 3.63) is 65.0 Å². The van der Waals surface area contributed by atoms with E-state index in [0.29, 0.717) is 30.6 Å². The number of amides is 1. The fraction of sp³-hybridized carbons (Fsp3) is 0.348. The van der Waals surface area contributed by atoms with E-state index in [2.05, 4.69) is 36.1 Å². The Morgan fingerprint density at radius 2 is 1.75 bits per heavy atom. The number of benzene rings is 2. The number of rotatable bonds is 4. The van der Waals surface area contributed by atoms with Crippen LogP contribution in [-0.4, -0.2) is 22.6 Å². The average Bonchev–Trinajstić information content (AvgIpc) is 3.29. The van der Waals surface area contributed by atoms with E-state index in [1.54, 1.807) is 0 Å². The lowest BCUT2D eigenvalue weighted by atomic mass is 10.0. The summed E-state index contributed by atoms with van der Waals surface area (Å²) in [6.45, 7) is 8.97. The second-order valence-electron chi connectivity index (χ2n) is 7.88. The number of hydrogen-bond donors (Lipinski definition) is 0. The third-order valence-electron chi connectivity index (χ3n) is 5.46. The summed E-state index contributed by atoms with van der Waals surface area (Å²) in [4.78, 5) is 19.1. The van der Waals surface area contributed by atoms with Crippen molar-refractivity contribution >= 4 is 11.6 Å². The predicted octanol–water partition coefficient (Wildman–Crippen LogP) is 5.00. The van der Waals surface area contributed by atoms with Crippen LogP contribution in [0.15, 0.2) is 47.0 Å². The van der Waals surface area contributed by atoms with Gasteiger partial charge in [0.1, 0.15) is 0 Å². The normalized spacial score (nSPS) is 17.0. The summed E-state index contributed by atoms with van der Waals surface area (Å²) in [5.74, 6) is 1.61. The highest BCUT2D eigenvalue weighted by molar-refractivity contribution is 5.97. The van der Waals surface area contributed by atoms with E-state index in [1.165, 1.54) is 5.56 Å². The van der Waals surface area contributed by atoms with Gasteiger partial charge in [-0.15, -0.1) is 0 Å². The third-order valence-corrected chi connectivity index (χ3v) is 5.46. The molecule has 1 aliphatic rings. The van der Waals surface area contributed by atoms with Crippen LogP contribution in [0.1, 0.15) is 54.7 Å². The van der Waals surface area contributed by atoms with Crippen molar-refractivity contribution in [3.8, 4) is 11.4 Å². The Morgan fingerprint density at radius 1 is 1.07 bits per heavy atom. The number of aromatic nitrogens is 2. The summed E-state index contributed by atoms with van der Waals surface area (Å²) < 4.78 is 5.53. The van der Waals surface area contributed by atoms with Crippen LogP contribution < -0.4 is 4.90 Å². The quantitative estimate of drug-likeness (QED) is 0.644. The van der Waals surface area contributed by atoms with Crippen LogP contribution in [-0.2, 0) is 4.79 Å². The van der Waals surface area contributed by atoms with Gasteiger partial charge in [0.05, 0.1) is 5.92 Å². The molecular formula is C23H25N3O2. The Hall–Kier alpha value is -2.95. The van der Waals surface area contributed by atoms with Crippen LogP contribution in [0.4, 0.5) is 5.69 Å². The summed E-state index contributed by atoms with van der Waals surface area (Å²) in [5.41, 5.74) is 5.41. The molecule has 5 heteroatoms. The van der Waals surface area contributed by atoms with E-state index in [9.17, 15) is 4.79 Å². The number of aryl methyl sites for hydroxylation is 2. The maximum atomic E-state index is 12.7. The smallest absolute Gasteiger partial charge is 0.232 e. The molecule has 4 rings (SSSR count). The first kappa shape index (κ1) is 18.4. The highest BCUT2D eigenvalue weighted by Gasteiger charge is 2.36. The zero-order chi connectivity index (χ0) is 19.8. The molecule has 0 aliphatic carbocycles. The minimum absolute atomic E-state index is 0.0808. The van der Waals surface area contributed by atoms with Crippen LogP contribution >= 0.6 is 0 Å². The summed E-state index contributed by atoms with van der Waals surface area (Å²) in [7, 11) is 0. The maximum absolute atomic E-state index is 12.7. The molecule has 1 atom stereocenters. The first-order valence-corrected chi connectivity index (χ1v) is 9.74. The number of para-hydroxylation sites is 1. The Labute approximate surface area is 165 Å². The first-order chi connectivity index (χ1) is 13.4. The van der Waals surface area contributed by atoms with Crippen LogP contribution in [0.25, 0.3) is 11.4 Å². The van der Waals surface area contributed by atoms with E-state index in [0.717, 1.165) is 22.4 Å². The molecule has 0 radical (unpaired) electrons. The molecule has 1 unspecified atom stereocenters. The molecule has 1 fully saturated rings. The van der Waals surface area contributed by atoms with E-state index in [1.807, 2.05) is 49.1 Å². The minimum atomic E-state index is -0.0808. The Kier molecular flexibility index (Phi) is 4.75. The van der Waals surface area contributed by atoms with E-state index < -0.39 is 0 Å². The maximum Gasteiger partial charge on any atom is 0.232 e. The van der Waals surface area contributed by atoms with E-state index in [4.69, 9.17) is 4.52 Å². The molecule has 5 nitrogen and oxygen atoms in total. The Bertz CT molecular complexity index is 985. The second kappa shape index (κ2) is 7.23. The zero-order valence-corrected chi connectivity index (χ0v) is 16.8. The lowest BCUT2D eigenvalue weighted by Crippen LogP contribution is -2.26. The summed E-state index contributed by atoms with van der Waals surface area (Å²) in [5, 5.41) is 4.15. The molecular weight excluding hydrogens is 350 g/mol. The van der Waals surface area contributed by atoms with Gasteiger partial charge in [0.2, 0.25) is 17.6 Å². The number of carbonyl (C=O) groups excluding carboxylic acids is 1. The highest BCUT2D eigenvalue weighted by Crippen LogP contribution is 2.35. The van der Waals surface area contributed by atoms with Crippen molar-refractivity contribution < 1.29 is 9.32 Å².